The quantitative estimate of drug-likeness (QED) is 0.580. The van der Waals surface area contributed by atoms with Gasteiger partial charge in [0.25, 0.3) is 5.79 Å². The van der Waals surface area contributed by atoms with Crippen molar-refractivity contribution in [3.8, 4) is 0 Å². The molecule has 0 aliphatic carbocycles. The van der Waals surface area contributed by atoms with Crippen molar-refractivity contribution < 1.29 is 28.5 Å². The van der Waals surface area contributed by atoms with E-state index in [9.17, 15) is 4.79 Å². The minimum Gasteiger partial charge on any atom is -0.452 e. The summed E-state index contributed by atoms with van der Waals surface area (Å²) >= 11 is 0. The molecule has 0 amide bonds. The standard InChI is InChI=1S/C11H16O6/c1-9(2)13-5-6-11(16-9)7(8(12)14-6)15-10(3,4)17-11/h6-7H,5H2,1-4H3/t6?,7?,11-/m0/s1. The van der Waals surface area contributed by atoms with Gasteiger partial charge >= 0.3 is 5.97 Å². The van der Waals surface area contributed by atoms with E-state index in [1.54, 1.807) is 27.7 Å². The number of hydrogen-bond donors (Lipinski definition) is 0. The monoisotopic (exact) mass is 244 g/mol. The van der Waals surface area contributed by atoms with E-state index in [1.165, 1.54) is 0 Å². The maximum absolute atomic E-state index is 11.8. The van der Waals surface area contributed by atoms with Crippen LogP contribution in [-0.4, -0.2) is 42.1 Å². The molecule has 3 fully saturated rings. The zero-order chi connectivity index (χ0) is 12.5. The second kappa shape index (κ2) is 3.00. The van der Waals surface area contributed by atoms with Crippen molar-refractivity contribution >= 4 is 5.97 Å². The molecule has 0 aromatic rings. The van der Waals surface area contributed by atoms with Crippen molar-refractivity contribution in [1.82, 2.24) is 0 Å². The van der Waals surface area contributed by atoms with Gasteiger partial charge in [-0.15, -0.1) is 0 Å². The summed E-state index contributed by atoms with van der Waals surface area (Å²) in [5.41, 5.74) is 0. The zero-order valence-corrected chi connectivity index (χ0v) is 10.3. The molecule has 0 N–H and O–H groups in total. The van der Waals surface area contributed by atoms with Gasteiger partial charge in [0, 0.05) is 0 Å². The fraction of sp³-hybridized carbons (Fsp3) is 0.909. The first-order valence-electron chi connectivity index (χ1n) is 5.67. The Hall–Kier alpha value is -0.690. The maximum Gasteiger partial charge on any atom is 0.341 e. The fourth-order valence-corrected chi connectivity index (χ4v) is 2.54. The van der Waals surface area contributed by atoms with Gasteiger partial charge in [-0.1, -0.05) is 0 Å². The van der Waals surface area contributed by atoms with Crippen molar-refractivity contribution in [1.29, 1.82) is 0 Å². The molecule has 0 aromatic carbocycles. The molecule has 3 aliphatic heterocycles. The van der Waals surface area contributed by atoms with Crippen molar-refractivity contribution in [3.05, 3.63) is 0 Å². The predicted molar refractivity (Wildman–Crippen MR) is 53.8 cm³/mol. The first-order chi connectivity index (χ1) is 7.74. The Bertz CT molecular complexity index is 376. The molecule has 1 spiro atoms. The van der Waals surface area contributed by atoms with Crippen LogP contribution in [0.3, 0.4) is 0 Å². The number of hydrogen-bond acceptors (Lipinski definition) is 6. The van der Waals surface area contributed by atoms with Gasteiger partial charge in [-0.25, -0.2) is 4.79 Å². The first-order valence-corrected chi connectivity index (χ1v) is 5.67. The molecule has 0 saturated carbocycles. The Morgan fingerprint density at radius 2 is 1.76 bits per heavy atom. The number of esters is 1. The molecule has 3 aliphatic rings. The summed E-state index contributed by atoms with van der Waals surface area (Å²) in [5, 5.41) is 0. The van der Waals surface area contributed by atoms with E-state index in [-0.39, 0.29) is 6.61 Å². The lowest BCUT2D eigenvalue weighted by molar-refractivity contribution is -0.403. The summed E-state index contributed by atoms with van der Waals surface area (Å²) in [7, 11) is 0. The number of ether oxygens (including phenoxy) is 5. The summed E-state index contributed by atoms with van der Waals surface area (Å²) < 4.78 is 27.8. The maximum atomic E-state index is 11.8. The average molecular weight is 244 g/mol. The molecule has 3 saturated heterocycles. The Morgan fingerprint density at radius 1 is 1.12 bits per heavy atom. The fourth-order valence-electron chi connectivity index (χ4n) is 2.54. The third kappa shape index (κ3) is 1.52. The van der Waals surface area contributed by atoms with Gasteiger partial charge in [0.05, 0.1) is 6.61 Å². The SMILES string of the molecule is CC1(C)OCC2OC(=O)C3OC(C)(C)O[C@@]23O1. The van der Waals surface area contributed by atoms with E-state index >= 15 is 0 Å². The predicted octanol–water partition coefficient (Wildman–Crippen LogP) is 0.542. The molecule has 0 aromatic heterocycles. The van der Waals surface area contributed by atoms with Crippen LogP contribution in [0.2, 0.25) is 0 Å². The third-order valence-electron chi connectivity index (χ3n) is 3.08. The van der Waals surface area contributed by atoms with E-state index in [4.69, 9.17) is 23.7 Å². The van der Waals surface area contributed by atoms with Gasteiger partial charge < -0.3 is 23.7 Å². The van der Waals surface area contributed by atoms with Crippen molar-refractivity contribution in [2.45, 2.75) is 57.3 Å². The number of rotatable bonds is 0. The van der Waals surface area contributed by atoms with Crippen LogP contribution in [0, 0.1) is 0 Å². The smallest absolute Gasteiger partial charge is 0.341 e. The molecular formula is C11H16O6. The summed E-state index contributed by atoms with van der Waals surface area (Å²) in [4.78, 5) is 11.8. The summed E-state index contributed by atoms with van der Waals surface area (Å²) in [6.07, 6.45) is -1.42. The first kappa shape index (κ1) is 11.4. The lowest BCUT2D eigenvalue weighted by atomic mass is 10.1. The minimum absolute atomic E-state index is 0.245. The molecule has 3 atom stereocenters. The second-order valence-corrected chi connectivity index (χ2v) is 5.46. The molecule has 3 heterocycles. The van der Waals surface area contributed by atoms with Crippen LogP contribution < -0.4 is 0 Å². The van der Waals surface area contributed by atoms with Gasteiger partial charge in [-0.2, -0.15) is 0 Å². The molecule has 0 bridgehead atoms. The Balaban J connectivity index is 2.00. The average Bonchev–Trinajstić information content (AvgIpc) is 2.53. The highest BCUT2D eigenvalue weighted by Crippen LogP contribution is 2.49. The van der Waals surface area contributed by atoms with Crippen LogP contribution in [0.15, 0.2) is 0 Å². The third-order valence-corrected chi connectivity index (χ3v) is 3.08. The Kier molecular flexibility index (Phi) is 2.01. The highest BCUT2D eigenvalue weighted by Gasteiger charge is 2.71. The van der Waals surface area contributed by atoms with E-state index in [1.807, 2.05) is 0 Å². The van der Waals surface area contributed by atoms with Crippen molar-refractivity contribution in [3.63, 3.8) is 0 Å². The Labute approximate surface area is 99.1 Å². The van der Waals surface area contributed by atoms with E-state index in [0.29, 0.717) is 0 Å². The van der Waals surface area contributed by atoms with Crippen LogP contribution >= 0.6 is 0 Å². The van der Waals surface area contributed by atoms with Gasteiger partial charge in [0.1, 0.15) is 0 Å². The summed E-state index contributed by atoms with van der Waals surface area (Å²) in [6.45, 7) is 7.28. The molecule has 3 rings (SSSR count). The molecule has 2 unspecified atom stereocenters. The number of carbonyl (C=O) groups is 1. The minimum atomic E-state index is -1.18. The summed E-state index contributed by atoms with van der Waals surface area (Å²) in [5.74, 6) is -3.33. The van der Waals surface area contributed by atoms with E-state index < -0.39 is 35.5 Å². The van der Waals surface area contributed by atoms with Crippen LogP contribution in [0.1, 0.15) is 27.7 Å². The van der Waals surface area contributed by atoms with Crippen LogP contribution in [0.25, 0.3) is 0 Å². The molecule has 6 nitrogen and oxygen atoms in total. The normalized spacial score (nSPS) is 46.2. The van der Waals surface area contributed by atoms with Gasteiger partial charge in [-0.05, 0) is 27.7 Å². The highest BCUT2D eigenvalue weighted by atomic mass is 16.9. The number of carbonyl (C=O) groups excluding carboxylic acids is 1. The second-order valence-electron chi connectivity index (χ2n) is 5.46. The van der Waals surface area contributed by atoms with E-state index in [2.05, 4.69) is 0 Å². The van der Waals surface area contributed by atoms with E-state index in [0.717, 1.165) is 0 Å². The molecular weight excluding hydrogens is 228 g/mol. The largest absolute Gasteiger partial charge is 0.452 e. The topological polar surface area (TPSA) is 63.2 Å². The molecule has 17 heavy (non-hydrogen) atoms. The van der Waals surface area contributed by atoms with Gasteiger partial charge in [0.15, 0.2) is 17.7 Å². The lowest BCUT2D eigenvalue weighted by Gasteiger charge is -2.43. The molecule has 96 valence electrons. The summed E-state index contributed by atoms with van der Waals surface area (Å²) in [6, 6.07) is 0. The van der Waals surface area contributed by atoms with Gasteiger partial charge in [0.2, 0.25) is 6.10 Å². The molecule has 0 radical (unpaired) electrons. The lowest BCUT2D eigenvalue weighted by Crippen LogP contribution is -2.60. The highest BCUT2D eigenvalue weighted by molar-refractivity contribution is 5.79. The van der Waals surface area contributed by atoms with Gasteiger partial charge in [-0.3, -0.25) is 0 Å². The van der Waals surface area contributed by atoms with Crippen molar-refractivity contribution in [2.24, 2.45) is 0 Å². The molecule has 6 heteroatoms. The van der Waals surface area contributed by atoms with Crippen LogP contribution in [-0.2, 0) is 28.5 Å². The van der Waals surface area contributed by atoms with Crippen LogP contribution in [0.5, 0.6) is 0 Å². The van der Waals surface area contributed by atoms with Crippen LogP contribution in [0.4, 0.5) is 0 Å². The Morgan fingerprint density at radius 3 is 2.47 bits per heavy atom. The zero-order valence-electron chi connectivity index (χ0n) is 10.3. The van der Waals surface area contributed by atoms with Crippen molar-refractivity contribution in [2.75, 3.05) is 6.61 Å².